The second kappa shape index (κ2) is 7.66. The smallest absolute Gasteiger partial charge is 0.261 e. The fourth-order valence-corrected chi connectivity index (χ4v) is 5.60. The van der Waals surface area contributed by atoms with Crippen molar-refractivity contribution in [2.45, 2.75) is 44.1 Å². The summed E-state index contributed by atoms with van der Waals surface area (Å²) in [6.45, 7) is 1.37. The molecule has 2 spiro atoms. The molecule has 2 heterocycles. The van der Waals surface area contributed by atoms with Crippen LogP contribution in [-0.2, 0) is 27.9 Å². The van der Waals surface area contributed by atoms with E-state index in [4.69, 9.17) is 15.5 Å². The Morgan fingerprint density at radius 3 is 2.59 bits per heavy atom. The first-order valence-corrected chi connectivity index (χ1v) is 11.0. The Hall–Kier alpha value is -2.80. The standard InChI is InChI=1S/C25H27F2N3O2/c1-30-22(31)25(29-23(30)28)15-24(7-9-32-10-8-24)14-19-6-5-18(13-20(19)25)17-4-2-3-16(11-17)12-21(26)27/h2-6,11,13,21H,7-10,12,14-15H2,1H3,(H2,28,29). The first kappa shape index (κ1) is 21.1. The lowest BCUT2D eigenvalue weighted by Gasteiger charge is -2.47. The number of carbonyl (C=O) groups excluding carboxylic acids is 1. The van der Waals surface area contributed by atoms with Gasteiger partial charge in [-0.1, -0.05) is 36.4 Å². The third kappa shape index (κ3) is 3.39. The number of halogens is 2. The maximum atomic E-state index is 13.5. The number of carbonyl (C=O) groups is 1. The number of alkyl halides is 2. The summed E-state index contributed by atoms with van der Waals surface area (Å²) in [5, 5.41) is 0. The van der Waals surface area contributed by atoms with Gasteiger partial charge in [-0.05, 0) is 65.0 Å². The number of likely N-dealkylation sites (N-methyl/N-ethyl adjacent to an activating group) is 1. The van der Waals surface area contributed by atoms with Crippen LogP contribution in [0.1, 0.15) is 36.0 Å². The zero-order valence-corrected chi connectivity index (χ0v) is 18.1. The Labute approximate surface area is 186 Å². The van der Waals surface area contributed by atoms with Crippen molar-refractivity contribution in [3.63, 3.8) is 0 Å². The van der Waals surface area contributed by atoms with Crippen molar-refractivity contribution in [3.05, 3.63) is 59.2 Å². The van der Waals surface area contributed by atoms with Crippen LogP contribution in [0.25, 0.3) is 11.1 Å². The molecule has 5 rings (SSSR count). The highest BCUT2D eigenvalue weighted by Gasteiger charge is 2.56. The van der Waals surface area contributed by atoms with Crippen molar-refractivity contribution < 1.29 is 18.3 Å². The van der Waals surface area contributed by atoms with Crippen LogP contribution < -0.4 is 5.73 Å². The SMILES string of the molecule is CN1C(=O)C2(CC3(CCOCC3)Cc3ccc(-c4cccc(CC(F)F)c4)cc32)N=C1N. The van der Waals surface area contributed by atoms with Crippen molar-refractivity contribution in [1.29, 1.82) is 0 Å². The summed E-state index contributed by atoms with van der Waals surface area (Å²) in [4.78, 5) is 19.7. The first-order valence-electron chi connectivity index (χ1n) is 11.0. The average molecular weight is 440 g/mol. The molecule has 1 atom stereocenters. The molecule has 1 unspecified atom stereocenters. The summed E-state index contributed by atoms with van der Waals surface area (Å²) >= 11 is 0. The monoisotopic (exact) mass is 439 g/mol. The van der Waals surface area contributed by atoms with Gasteiger partial charge < -0.3 is 10.5 Å². The number of hydrogen-bond donors (Lipinski definition) is 1. The third-order valence-corrected chi connectivity index (χ3v) is 7.26. The molecule has 168 valence electrons. The van der Waals surface area contributed by atoms with Crippen molar-refractivity contribution >= 4 is 11.9 Å². The van der Waals surface area contributed by atoms with Crippen molar-refractivity contribution in [2.24, 2.45) is 16.1 Å². The number of hydrogen-bond acceptors (Lipinski definition) is 4. The van der Waals surface area contributed by atoms with Crippen LogP contribution >= 0.6 is 0 Å². The zero-order chi connectivity index (χ0) is 22.5. The number of fused-ring (bicyclic) bond motifs is 2. The molecule has 0 saturated carbocycles. The van der Waals surface area contributed by atoms with Gasteiger partial charge in [-0.2, -0.15) is 0 Å². The highest BCUT2D eigenvalue weighted by atomic mass is 19.3. The molecule has 1 amide bonds. The average Bonchev–Trinajstić information content (AvgIpc) is 2.97. The maximum Gasteiger partial charge on any atom is 0.261 e. The predicted octanol–water partition coefficient (Wildman–Crippen LogP) is 3.89. The number of rotatable bonds is 3. The highest BCUT2D eigenvalue weighted by molar-refractivity contribution is 6.07. The van der Waals surface area contributed by atoms with Crippen LogP contribution in [0.5, 0.6) is 0 Å². The van der Waals surface area contributed by atoms with Crippen molar-refractivity contribution in [2.75, 3.05) is 20.3 Å². The molecule has 1 aliphatic carbocycles. The molecular formula is C25H27F2N3O2. The number of ether oxygens (including phenoxy) is 1. The van der Waals surface area contributed by atoms with Gasteiger partial charge in [-0.25, -0.2) is 13.8 Å². The van der Waals surface area contributed by atoms with E-state index in [0.29, 0.717) is 25.2 Å². The second-order valence-corrected chi connectivity index (χ2v) is 9.33. The largest absolute Gasteiger partial charge is 0.381 e. The quantitative estimate of drug-likeness (QED) is 0.789. The van der Waals surface area contributed by atoms with E-state index >= 15 is 0 Å². The normalized spacial score (nSPS) is 24.3. The minimum Gasteiger partial charge on any atom is -0.381 e. The van der Waals surface area contributed by atoms with E-state index in [1.54, 1.807) is 25.2 Å². The molecule has 1 saturated heterocycles. The van der Waals surface area contributed by atoms with Crippen LogP contribution in [0.4, 0.5) is 8.78 Å². The number of nitrogens with two attached hydrogens (primary N) is 1. The molecule has 5 nitrogen and oxygen atoms in total. The molecule has 3 aliphatic rings. The fourth-order valence-electron chi connectivity index (χ4n) is 5.60. The number of aliphatic imine (C=N–C) groups is 1. The van der Waals surface area contributed by atoms with E-state index in [1.165, 1.54) is 4.90 Å². The molecule has 2 aromatic rings. The van der Waals surface area contributed by atoms with E-state index in [-0.39, 0.29) is 23.7 Å². The third-order valence-electron chi connectivity index (χ3n) is 7.26. The Morgan fingerprint density at radius 2 is 1.91 bits per heavy atom. The van der Waals surface area contributed by atoms with Crippen LogP contribution in [0, 0.1) is 5.41 Å². The van der Waals surface area contributed by atoms with Crippen LogP contribution in [0.3, 0.4) is 0 Å². The Balaban J connectivity index is 1.62. The molecule has 0 radical (unpaired) electrons. The van der Waals surface area contributed by atoms with Gasteiger partial charge in [0.25, 0.3) is 5.91 Å². The Kier molecular flexibility index (Phi) is 5.04. The van der Waals surface area contributed by atoms with E-state index < -0.39 is 12.0 Å². The van der Waals surface area contributed by atoms with Gasteiger partial charge in [0.2, 0.25) is 6.43 Å². The van der Waals surface area contributed by atoms with Crippen LogP contribution in [-0.4, -0.2) is 43.5 Å². The molecule has 0 bridgehead atoms. The zero-order valence-electron chi connectivity index (χ0n) is 18.1. The Morgan fingerprint density at radius 1 is 1.16 bits per heavy atom. The van der Waals surface area contributed by atoms with Gasteiger partial charge in [0.15, 0.2) is 11.5 Å². The van der Waals surface area contributed by atoms with Gasteiger partial charge in [0.05, 0.1) is 0 Å². The lowest BCUT2D eigenvalue weighted by molar-refractivity contribution is -0.133. The Bertz CT molecular complexity index is 1090. The molecule has 7 heteroatoms. The lowest BCUT2D eigenvalue weighted by Crippen LogP contribution is -2.49. The van der Waals surface area contributed by atoms with Gasteiger partial charge in [-0.3, -0.25) is 9.69 Å². The maximum absolute atomic E-state index is 13.5. The topological polar surface area (TPSA) is 67.9 Å². The molecular weight excluding hydrogens is 412 g/mol. The summed E-state index contributed by atoms with van der Waals surface area (Å²) in [6, 6.07) is 13.3. The minimum atomic E-state index is -2.39. The number of benzene rings is 2. The summed E-state index contributed by atoms with van der Waals surface area (Å²) in [6.07, 6.45) is 0.574. The molecule has 2 aliphatic heterocycles. The fraction of sp³-hybridized carbons (Fsp3) is 0.440. The minimum absolute atomic E-state index is 0.0471. The molecule has 1 fully saturated rings. The van der Waals surface area contributed by atoms with E-state index in [9.17, 15) is 13.6 Å². The summed E-state index contributed by atoms with van der Waals surface area (Å²) in [5.41, 5.74) is 9.34. The van der Waals surface area contributed by atoms with Gasteiger partial charge in [-0.15, -0.1) is 0 Å². The van der Waals surface area contributed by atoms with Crippen molar-refractivity contribution in [3.8, 4) is 11.1 Å². The molecule has 2 aromatic carbocycles. The summed E-state index contributed by atoms with van der Waals surface area (Å²) < 4.78 is 31.4. The molecule has 2 N–H and O–H groups in total. The number of guanidine groups is 1. The van der Waals surface area contributed by atoms with E-state index in [1.807, 2.05) is 18.2 Å². The first-order chi connectivity index (χ1) is 15.3. The van der Waals surface area contributed by atoms with Crippen LogP contribution in [0.15, 0.2) is 47.5 Å². The predicted molar refractivity (Wildman–Crippen MR) is 118 cm³/mol. The molecule has 0 aromatic heterocycles. The van der Waals surface area contributed by atoms with Crippen LogP contribution in [0.2, 0.25) is 0 Å². The second-order valence-electron chi connectivity index (χ2n) is 9.33. The van der Waals surface area contributed by atoms with Gasteiger partial charge in [0, 0.05) is 26.7 Å². The molecule has 32 heavy (non-hydrogen) atoms. The van der Waals surface area contributed by atoms with E-state index in [2.05, 4.69) is 6.07 Å². The van der Waals surface area contributed by atoms with Gasteiger partial charge >= 0.3 is 0 Å². The lowest BCUT2D eigenvalue weighted by atomic mass is 9.60. The highest BCUT2D eigenvalue weighted by Crippen LogP contribution is 2.54. The number of amides is 1. The van der Waals surface area contributed by atoms with Gasteiger partial charge in [0.1, 0.15) is 0 Å². The van der Waals surface area contributed by atoms with Crippen molar-refractivity contribution in [1.82, 2.24) is 4.90 Å². The van der Waals surface area contributed by atoms with E-state index in [0.717, 1.165) is 41.5 Å². The number of nitrogens with zero attached hydrogens (tertiary/aromatic N) is 2. The summed E-state index contributed by atoms with van der Waals surface area (Å²) in [5.74, 6) is 0.125. The summed E-state index contributed by atoms with van der Waals surface area (Å²) in [7, 11) is 1.67.